The van der Waals surface area contributed by atoms with Crippen molar-refractivity contribution in [3.05, 3.63) is 29.1 Å². The number of ether oxygens (including phenoxy) is 1. The minimum atomic E-state index is -2.76. The third-order valence-corrected chi connectivity index (χ3v) is 1.98. The summed E-state index contributed by atoms with van der Waals surface area (Å²) < 4.78 is 29.6. The largest absolute Gasteiger partial charge is 0.466 e. The smallest absolute Gasteiger partial charge is 0.311 e. The van der Waals surface area contributed by atoms with E-state index in [0.717, 1.165) is 6.20 Å². The standard InChI is InChI=1S/C11H10F2N2O2/c1-2-17-10(16)4-8-3-7(5-14)9(6-15-8)11(12)13/h3,6,11H,2,4H2,1H3. The van der Waals surface area contributed by atoms with Crippen LogP contribution in [0.1, 0.15) is 30.2 Å². The number of carbonyl (C=O) groups excluding carboxylic acids is 1. The molecule has 0 aromatic carbocycles. The molecule has 0 saturated heterocycles. The fourth-order valence-electron chi connectivity index (χ4n) is 1.24. The molecule has 0 unspecified atom stereocenters. The van der Waals surface area contributed by atoms with Gasteiger partial charge >= 0.3 is 5.97 Å². The SMILES string of the molecule is CCOC(=O)Cc1cc(C#N)c(C(F)F)cn1. The molecule has 1 rings (SSSR count). The van der Waals surface area contributed by atoms with Crippen LogP contribution in [0, 0.1) is 11.3 Å². The van der Waals surface area contributed by atoms with Crippen molar-refractivity contribution < 1.29 is 18.3 Å². The van der Waals surface area contributed by atoms with Gasteiger partial charge in [-0.1, -0.05) is 0 Å². The van der Waals surface area contributed by atoms with Gasteiger partial charge in [-0.3, -0.25) is 9.78 Å². The number of aromatic nitrogens is 1. The van der Waals surface area contributed by atoms with Gasteiger partial charge in [-0.2, -0.15) is 5.26 Å². The number of halogens is 2. The second-order valence-electron chi connectivity index (χ2n) is 3.16. The molecule has 1 aromatic rings. The number of pyridine rings is 1. The van der Waals surface area contributed by atoms with Crippen molar-refractivity contribution in [2.24, 2.45) is 0 Å². The Labute approximate surface area is 96.8 Å². The maximum Gasteiger partial charge on any atom is 0.311 e. The van der Waals surface area contributed by atoms with E-state index in [1.54, 1.807) is 13.0 Å². The molecule has 0 spiro atoms. The molecule has 0 saturated carbocycles. The summed E-state index contributed by atoms with van der Waals surface area (Å²) in [6, 6.07) is 2.83. The molecule has 1 heterocycles. The van der Waals surface area contributed by atoms with Crippen LogP contribution in [0.2, 0.25) is 0 Å². The molecule has 6 heteroatoms. The van der Waals surface area contributed by atoms with Crippen LogP contribution < -0.4 is 0 Å². The highest BCUT2D eigenvalue weighted by Gasteiger charge is 2.15. The molecule has 0 atom stereocenters. The third kappa shape index (κ3) is 3.48. The van der Waals surface area contributed by atoms with Crippen LogP contribution in [0.4, 0.5) is 8.78 Å². The Morgan fingerprint density at radius 1 is 1.65 bits per heavy atom. The molecule has 17 heavy (non-hydrogen) atoms. The lowest BCUT2D eigenvalue weighted by molar-refractivity contribution is -0.142. The van der Waals surface area contributed by atoms with Crippen LogP contribution in [0.25, 0.3) is 0 Å². The Bertz CT molecular complexity index is 455. The maximum absolute atomic E-state index is 12.4. The molecule has 0 aliphatic rings. The van der Waals surface area contributed by atoms with Crippen molar-refractivity contribution in [1.29, 1.82) is 5.26 Å². The predicted octanol–water partition coefficient (Wildman–Crippen LogP) is 2.00. The molecule has 0 bridgehead atoms. The van der Waals surface area contributed by atoms with Gasteiger partial charge in [-0.25, -0.2) is 8.78 Å². The van der Waals surface area contributed by atoms with Gasteiger partial charge < -0.3 is 4.74 Å². The fourth-order valence-corrected chi connectivity index (χ4v) is 1.24. The van der Waals surface area contributed by atoms with Crippen molar-refractivity contribution in [2.45, 2.75) is 19.8 Å². The summed E-state index contributed by atoms with van der Waals surface area (Å²) in [5.74, 6) is -0.506. The number of alkyl halides is 2. The van der Waals surface area contributed by atoms with Gasteiger partial charge in [0.25, 0.3) is 6.43 Å². The first-order valence-electron chi connectivity index (χ1n) is 4.91. The van der Waals surface area contributed by atoms with E-state index in [4.69, 9.17) is 5.26 Å². The van der Waals surface area contributed by atoms with Crippen LogP contribution in [0.3, 0.4) is 0 Å². The summed E-state index contributed by atoms with van der Waals surface area (Å²) in [6.07, 6.45) is -1.97. The van der Waals surface area contributed by atoms with Crippen molar-refractivity contribution in [2.75, 3.05) is 6.61 Å². The fraction of sp³-hybridized carbons (Fsp3) is 0.364. The quantitative estimate of drug-likeness (QED) is 0.755. The predicted molar refractivity (Wildman–Crippen MR) is 54.2 cm³/mol. The highest BCUT2D eigenvalue weighted by molar-refractivity contribution is 5.72. The number of hydrogen-bond donors (Lipinski definition) is 0. The topological polar surface area (TPSA) is 63.0 Å². The van der Waals surface area contributed by atoms with E-state index in [1.165, 1.54) is 6.07 Å². The van der Waals surface area contributed by atoms with Crippen molar-refractivity contribution in [3.8, 4) is 6.07 Å². The van der Waals surface area contributed by atoms with Gasteiger partial charge in [-0.05, 0) is 13.0 Å². The zero-order chi connectivity index (χ0) is 12.8. The molecule has 4 nitrogen and oxygen atoms in total. The molecule has 90 valence electrons. The van der Waals surface area contributed by atoms with Crippen molar-refractivity contribution in [1.82, 2.24) is 4.98 Å². The highest BCUT2D eigenvalue weighted by Crippen LogP contribution is 2.22. The summed E-state index contributed by atoms with van der Waals surface area (Å²) in [7, 11) is 0. The van der Waals surface area contributed by atoms with E-state index in [9.17, 15) is 13.6 Å². The Morgan fingerprint density at radius 2 is 2.35 bits per heavy atom. The summed E-state index contributed by atoms with van der Waals surface area (Å²) in [5, 5.41) is 8.70. The van der Waals surface area contributed by atoms with Gasteiger partial charge in [0.05, 0.1) is 35.9 Å². The first-order valence-corrected chi connectivity index (χ1v) is 4.91. The minimum Gasteiger partial charge on any atom is -0.466 e. The van der Waals surface area contributed by atoms with Crippen molar-refractivity contribution >= 4 is 5.97 Å². The Kier molecular flexibility index (Phi) is 4.52. The zero-order valence-corrected chi connectivity index (χ0v) is 9.11. The summed E-state index contributed by atoms with van der Waals surface area (Å²) >= 11 is 0. The molecular weight excluding hydrogens is 230 g/mol. The average Bonchev–Trinajstić information content (AvgIpc) is 2.28. The molecule has 0 fully saturated rings. The van der Waals surface area contributed by atoms with Crippen LogP contribution in [0.5, 0.6) is 0 Å². The van der Waals surface area contributed by atoms with Crippen LogP contribution in [-0.2, 0) is 16.0 Å². The number of carbonyl (C=O) groups is 1. The van der Waals surface area contributed by atoms with Gasteiger partial charge in [0.2, 0.25) is 0 Å². The summed E-state index contributed by atoms with van der Waals surface area (Å²) in [5.41, 5.74) is -0.362. The molecule has 0 aliphatic heterocycles. The van der Waals surface area contributed by atoms with E-state index >= 15 is 0 Å². The Morgan fingerprint density at radius 3 is 2.88 bits per heavy atom. The third-order valence-electron chi connectivity index (χ3n) is 1.98. The maximum atomic E-state index is 12.4. The second-order valence-corrected chi connectivity index (χ2v) is 3.16. The normalized spacial score (nSPS) is 10.1. The van der Waals surface area contributed by atoms with Crippen molar-refractivity contribution in [3.63, 3.8) is 0 Å². The van der Waals surface area contributed by atoms with Crippen LogP contribution in [-0.4, -0.2) is 17.6 Å². The van der Waals surface area contributed by atoms with Gasteiger partial charge in [0.1, 0.15) is 0 Å². The number of nitriles is 1. The number of nitrogens with zero attached hydrogens (tertiary/aromatic N) is 2. The summed E-state index contributed by atoms with van der Waals surface area (Å²) in [4.78, 5) is 14.8. The zero-order valence-electron chi connectivity index (χ0n) is 9.11. The van der Waals surface area contributed by atoms with E-state index < -0.39 is 18.0 Å². The first kappa shape index (κ1) is 13.0. The second kappa shape index (κ2) is 5.89. The van der Waals surface area contributed by atoms with E-state index in [0.29, 0.717) is 0 Å². The lowest BCUT2D eigenvalue weighted by atomic mass is 10.1. The van der Waals surface area contributed by atoms with Gasteiger partial charge in [-0.15, -0.1) is 0 Å². The van der Waals surface area contributed by atoms with Gasteiger partial charge in [0, 0.05) is 6.20 Å². The molecule has 0 N–H and O–H groups in total. The molecule has 1 aromatic heterocycles. The van der Waals surface area contributed by atoms with Gasteiger partial charge in [0.15, 0.2) is 0 Å². The number of rotatable bonds is 4. The van der Waals surface area contributed by atoms with Crippen LogP contribution in [0.15, 0.2) is 12.3 Å². The Balaban J connectivity index is 2.91. The summed E-state index contributed by atoms with van der Waals surface area (Å²) in [6.45, 7) is 1.89. The minimum absolute atomic E-state index is 0.133. The average molecular weight is 240 g/mol. The highest BCUT2D eigenvalue weighted by atomic mass is 19.3. The molecule has 0 radical (unpaired) electrons. The molecule has 0 aliphatic carbocycles. The number of hydrogen-bond acceptors (Lipinski definition) is 4. The lowest BCUT2D eigenvalue weighted by Crippen LogP contribution is -2.09. The first-order chi connectivity index (χ1) is 8.08. The van der Waals surface area contributed by atoms with Crippen LogP contribution >= 0.6 is 0 Å². The van der Waals surface area contributed by atoms with E-state index in [1.807, 2.05) is 0 Å². The Hall–Kier alpha value is -2.03. The number of esters is 1. The van der Waals surface area contributed by atoms with E-state index in [2.05, 4.69) is 9.72 Å². The molecular formula is C11H10F2N2O2. The van der Waals surface area contributed by atoms with E-state index in [-0.39, 0.29) is 24.3 Å². The monoisotopic (exact) mass is 240 g/mol. The molecule has 0 amide bonds. The lowest BCUT2D eigenvalue weighted by Gasteiger charge is -2.05.